The first-order valence-electron chi connectivity index (χ1n) is 9.67. The molecule has 0 saturated heterocycles. The average molecular weight is 380 g/mol. The van der Waals surface area contributed by atoms with Crippen molar-refractivity contribution < 1.29 is 9.53 Å². The van der Waals surface area contributed by atoms with E-state index in [1.807, 2.05) is 61.8 Å². The number of pyridine rings is 1. The van der Waals surface area contributed by atoms with Crippen LogP contribution in [0.4, 0.5) is 0 Å². The molecule has 0 bridgehead atoms. The third-order valence-corrected chi connectivity index (χ3v) is 5.17. The van der Waals surface area contributed by atoms with E-state index in [0.717, 1.165) is 29.7 Å². The van der Waals surface area contributed by atoms with Crippen molar-refractivity contribution in [3.8, 4) is 5.75 Å². The predicted octanol–water partition coefficient (Wildman–Crippen LogP) is 3.47. The molecule has 2 aromatic heterocycles. The molecule has 1 aromatic carbocycles. The Morgan fingerprint density at radius 1 is 1.18 bits per heavy atom. The summed E-state index contributed by atoms with van der Waals surface area (Å²) in [7, 11) is 0. The number of nitrogens with two attached hydrogens (primary N) is 1. The van der Waals surface area contributed by atoms with Gasteiger partial charge < -0.3 is 20.2 Å². The number of hydrogen-bond donors (Lipinski definition) is 2. The van der Waals surface area contributed by atoms with Gasteiger partial charge in [-0.15, -0.1) is 0 Å². The molecule has 0 unspecified atom stereocenters. The number of nitrogens with zero attached hydrogens (tertiary/aromatic N) is 2. The Bertz CT molecular complexity index is 960. The number of imidazole rings is 1. The third kappa shape index (κ3) is 4.51. The fourth-order valence-corrected chi connectivity index (χ4v) is 3.01. The number of rotatable bonds is 8. The lowest BCUT2D eigenvalue weighted by molar-refractivity contribution is 0.0937. The highest BCUT2D eigenvalue weighted by Crippen LogP contribution is 2.20. The molecular weight excluding hydrogens is 352 g/mol. The van der Waals surface area contributed by atoms with Gasteiger partial charge in [0.2, 0.25) is 0 Å². The van der Waals surface area contributed by atoms with Crippen molar-refractivity contribution in [2.45, 2.75) is 45.8 Å². The molecular formula is C22H28N4O2. The minimum Gasteiger partial charge on any atom is -0.486 e. The Labute approximate surface area is 165 Å². The fraction of sp³-hybridized carbons (Fsp3) is 0.364. The van der Waals surface area contributed by atoms with Crippen molar-refractivity contribution in [2.24, 2.45) is 5.73 Å². The van der Waals surface area contributed by atoms with E-state index in [-0.39, 0.29) is 18.1 Å². The van der Waals surface area contributed by atoms with Gasteiger partial charge in [0.05, 0.1) is 11.3 Å². The van der Waals surface area contributed by atoms with Crippen molar-refractivity contribution >= 4 is 11.6 Å². The monoisotopic (exact) mass is 380 g/mol. The summed E-state index contributed by atoms with van der Waals surface area (Å²) in [6.45, 7) is 6.82. The molecule has 0 spiro atoms. The predicted molar refractivity (Wildman–Crippen MR) is 111 cm³/mol. The van der Waals surface area contributed by atoms with Crippen LogP contribution in [0, 0.1) is 6.92 Å². The maximum atomic E-state index is 12.7. The van der Waals surface area contributed by atoms with Crippen molar-refractivity contribution in [1.82, 2.24) is 14.7 Å². The highest BCUT2D eigenvalue weighted by atomic mass is 16.5. The van der Waals surface area contributed by atoms with Gasteiger partial charge in [-0.25, -0.2) is 4.98 Å². The van der Waals surface area contributed by atoms with Gasteiger partial charge in [-0.05, 0) is 43.5 Å². The minimum atomic E-state index is -0.389. The van der Waals surface area contributed by atoms with Crippen molar-refractivity contribution in [1.29, 1.82) is 0 Å². The number of nitrogens with one attached hydrogen (secondary N) is 1. The summed E-state index contributed by atoms with van der Waals surface area (Å²) in [4.78, 5) is 17.2. The van der Waals surface area contributed by atoms with Gasteiger partial charge in [-0.1, -0.05) is 32.0 Å². The molecule has 0 fully saturated rings. The third-order valence-electron chi connectivity index (χ3n) is 5.17. The Kier molecular flexibility index (Phi) is 5.99. The van der Waals surface area contributed by atoms with E-state index >= 15 is 0 Å². The summed E-state index contributed by atoms with van der Waals surface area (Å²) in [6.07, 6.45) is 5.56. The van der Waals surface area contributed by atoms with E-state index in [2.05, 4.69) is 10.3 Å². The van der Waals surface area contributed by atoms with E-state index in [9.17, 15) is 4.79 Å². The molecule has 0 aliphatic heterocycles. The number of fused-ring (bicyclic) bond motifs is 1. The van der Waals surface area contributed by atoms with Crippen LogP contribution < -0.4 is 15.8 Å². The van der Waals surface area contributed by atoms with E-state index in [1.165, 1.54) is 0 Å². The van der Waals surface area contributed by atoms with Crippen LogP contribution >= 0.6 is 0 Å². The second-order valence-corrected chi connectivity index (χ2v) is 7.24. The summed E-state index contributed by atoms with van der Waals surface area (Å²) in [6, 6.07) is 11.2. The molecule has 3 aromatic rings. The Balaban J connectivity index is 1.70. The van der Waals surface area contributed by atoms with Crippen LogP contribution in [0.2, 0.25) is 0 Å². The molecule has 0 saturated carbocycles. The molecule has 1 amide bonds. The fourth-order valence-electron chi connectivity index (χ4n) is 3.01. The first-order valence-corrected chi connectivity index (χ1v) is 9.67. The minimum absolute atomic E-state index is 0.182. The molecule has 6 heteroatoms. The van der Waals surface area contributed by atoms with Crippen LogP contribution in [-0.4, -0.2) is 27.4 Å². The van der Waals surface area contributed by atoms with Crippen molar-refractivity contribution in [3.05, 3.63) is 65.6 Å². The highest BCUT2D eigenvalue weighted by Gasteiger charge is 2.22. The SMILES string of the molecule is CCC(N)(CC)CNC(=O)c1ccccc1OCc1cn2cc(C)ccc2n1. The van der Waals surface area contributed by atoms with Crippen LogP contribution in [0.25, 0.3) is 5.65 Å². The number of para-hydroxylation sites is 1. The first kappa shape index (κ1) is 19.9. The smallest absolute Gasteiger partial charge is 0.255 e. The molecule has 0 radical (unpaired) electrons. The number of hydrogen-bond acceptors (Lipinski definition) is 4. The van der Waals surface area contributed by atoms with Crippen LogP contribution in [0.15, 0.2) is 48.8 Å². The van der Waals surface area contributed by atoms with Gasteiger partial charge in [0.1, 0.15) is 18.0 Å². The van der Waals surface area contributed by atoms with Gasteiger partial charge in [-0.2, -0.15) is 0 Å². The quantitative estimate of drug-likeness (QED) is 0.627. The average Bonchev–Trinajstić information content (AvgIpc) is 3.12. The largest absolute Gasteiger partial charge is 0.486 e. The Morgan fingerprint density at radius 2 is 1.93 bits per heavy atom. The molecule has 0 aliphatic carbocycles. The molecule has 0 aliphatic rings. The lowest BCUT2D eigenvalue weighted by atomic mass is 9.94. The number of amides is 1. The summed E-state index contributed by atoms with van der Waals surface area (Å²) in [5, 5.41) is 2.94. The molecule has 148 valence electrons. The Morgan fingerprint density at radius 3 is 2.68 bits per heavy atom. The summed E-state index contributed by atoms with van der Waals surface area (Å²) in [5.74, 6) is 0.349. The van der Waals surface area contributed by atoms with E-state index in [1.54, 1.807) is 12.1 Å². The maximum absolute atomic E-state index is 12.7. The number of carbonyl (C=O) groups excluding carboxylic acids is 1. The van der Waals surface area contributed by atoms with E-state index < -0.39 is 0 Å². The standard InChI is InChI=1S/C22H28N4O2/c1-4-22(23,5-2)15-24-21(27)18-8-6-7-9-19(18)28-14-17-13-26-12-16(3)10-11-20(26)25-17/h6-13H,4-5,14-15,23H2,1-3H3,(H,24,27). The van der Waals surface area contributed by atoms with Gasteiger partial charge in [-0.3, -0.25) is 4.79 Å². The van der Waals surface area contributed by atoms with Crippen LogP contribution in [0.5, 0.6) is 5.75 Å². The zero-order valence-corrected chi connectivity index (χ0v) is 16.7. The van der Waals surface area contributed by atoms with Crippen molar-refractivity contribution in [3.63, 3.8) is 0 Å². The topological polar surface area (TPSA) is 81.6 Å². The molecule has 3 rings (SSSR count). The van der Waals surface area contributed by atoms with Gasteiger partial charge in [0.15, 0.2) is 0 Å². The molecule has 0 atom stereocenters. The molecule has 28 heavy (non-hydrogen) atoms. The molecule has 2 heterocycles. The molecule has 6 nitrogen and oxygen atoms in total. The maximum Gasteiger partial charge on any atom is 0.255 e. The number of benzene rings is 1. The Hall–Kier alpha value is -2.86. The lowest BCUT2D eigenvalue weighted by Gasteiger charge is -2.27. The number of carbonyl (C=O) groups is 1. The summed E-state index contributed by atoms with van der Waals surface area (Å²) < 4.78 is 7.90. The van der Waals surface area contributed by atoms with Gasteiger partial charge in [0.25, 0.3) is 5.91 Å². The molecule has 3 N–H and O–H groups in total. The zero-order chi connectivity index (χ0) is 20.1. The lowest BCUT2D eigenvalue weighted by Crippen LogP contribution is -2.49. The summed E-state index contributed by atoms with van der Waals surface area (Å²) in [5.41, 5.74) is 9.23. The first-order chi connectivity index (χ1) is 13.4. The number of aryl methyl sites for hydroxylation is 1. The zero-order valence-electron chi connectivity index (χ0n) is 16.7. The van der Waals surface area contributed by atoms with Crippen LogP contribution in [0.1, 0.15) is 48.3 Å². The summed E-state index contributed by atoms with van der Waals surface area (Å²) >= 11 is 0. The van der Waals surface area contributed by atoms with Gasteiger partial charge >= 0.3 is 0 Å². The second kappa shape index (κ2) is 8.44. The van der Waals surface area contributed by atoms with Crippen LogP contribution in [-0.2, 0) is 6.61 Å². The normalized spacial score (nSPS) is 11.6. The van der Waals surface area contributed by atoms with Crippen LogP contribution in [0.3, 0.4) is 0 Å². The second-order valence-electron chi connectivity index (χ2n) is 7.24. The van der Waals surface area contributed by atoms with Crippen molar-refractivity contribution in [2.75, 3.05) is 6.54 Å². The van der Waals surface area contributed by atoms with E-state index in [4.69, 9.17) is 10.5 Å². The number of ether oxygens (including phenoxy) is 1. The number of aromatic nitrogens is 2. The van der Waals surface area contributed by atoms with E-state index in [0.29, 0.717) is 17.9 Å². The highest BCUT2D eigenvalue weighted by molar-refractivity contribution is 5.96. The van der Waals surface area contributed by atoms with Gasteiger partial charge in [0, 0.05) is 24.5 Å².